The normalized spacial score (nSPS) is 18.4. The van der Waals surface area contributed by atoms with Crippen LogP contribution in [-0.2, 0) is 0 Å². The minimum Gasteiger partial charge on any atom is -0.391 e. The molecule has 0 radical (unpaired) electrons. The van der Waals surface area contributed by atoms with Crippen LogP contribution in [-0.4, -0.2) is 41.7 Å². The van der Waals surface area contributed by atoms with Crippen LogP contribution in [0.2, 0.25) is 0 Å². The second-order valence-corrected chi connectivity index (χ2v) is 5.10. The van der Waals surface area contributed by atoms with E-state index >= 15 is 0 Å². The zero-order chi connectivity index (χ0) is 14.5. The molecule has 20 heavy (non-hydrogen) atoms. The van der Waals surface area contributed by atoms with Crippen molar-refractivity contribution in [1.82, 2.24) is 4.90 Å². The van der Waals surface area contributed by atoms with Gasteiger partial charge in [0.1, 0.15) is 0 Å². The van der Waals surface area contributed by atoms with E-state index in [0.29, 0.717) is 24.2 Å². The molecule has 1 aromatic carbocycles. The van der Waals surface area contributed by atoms with E-state index in [4.69, 9.17) is 5.73 Å². The lowest BCUT2D eigenvalue weighted by Crippen LogP contribution is -2.42. The Bertz CT molecular complexity index is 557. The molecule has 1 unspecified atom stereocenters. The molecule has 0 aromatic heterocycles. The first kappa shape index (κ1) is 14.6. The van der Waals surface area contributed by atoms with Gasteiger partial charge in [0.25, 0.3) is 5.91 Å². The number of rotatable bonds is 1. The molecule has 0 bridgehead atoms. The molecule has 106 valence electrons. The van der Waals surface area contributed by atoms with Gasteiger partial charge in [0, 0.05) is 18.7 Å². The standard InChI is InChI=1S/C16H20N2O2/c1-12-6-7-15(13(10-12)4-2-8-17)16(20)18-9-3-5-14(19)11-18/h6-7,10,14,19H,3,5,8-9,11,17H2,1H3. The fourth-order valence-electron chi connectivity index (χ4n) is 2.40. The van der Waals surface area contributed by atoms with E-state index in [-0.39, 0.29) is 12.5 Å². The van der Waals surface area contributed by atoms with Gasteiger partial charge in [-0.2, -0.15) is 0 Å². The van der Waals surface area contributed by atoms with Crippen molar-refractivity contribution >= 4 is 5.91 Å². The zero-order valence-electron chi connectivity index (χ0n) is 11.7. The molecule has 2 rings (SSSR count). The van der Waals surface area contributed by atoms with Gasteiger partial charge >= 0.3 is 0 Å². The van der Waals surface area contributed by atoms with E-state index in [1.54, 1.807) is 11.0 Å². The summed E-state index contributed by atoms with van der Waals surface area (Å²) in [5.74, 6) is 5.69. The van der Waals surface area contributed by atoms with Crippen LogP contribution in [0.25, 0.3) is 0 Å². The highest BCUT2D eigenvalue weighted by atomic mass is 16.3. The summed E-state index contributed by atoms with van der Waals surface area (Å²) in [6, 6.07) is 5.61. The van der Waals surface area contributed by atoms with E-state index < -0.39 is 6.10 Å². The predicted octanol–water partition coefficient (Wildman–Crippen LogP) is 0.902. The van der Waals surface area contributed by atoms with Gasteiger partial charge in [-0.25, -0.2) is 0 Å². The monoisotopic (exact) mass is 272 g/mol. The van der Waals surface area contributed by atoms with Crippen LogP contribution in [0.15, 0.2) is 18.2 Å². The number of nitrogens with two attached hydrogens (primary N) is 1. The number of likely N-dealkylation sites (tertiary alicyclic amines) is 1. The minimum atomic E-state index is -0.420. The highest BCUT2D eigenvalue weighted by molar-refractivity contribution is 5.97. The third-order valence-electron chi connectivity index (χ3n) is 3.41. The van der Waals surface area contributed by atoms with Crippen LogP contribution in [0.3, 0.4) is 0 Å². The number of hydrogen-bond acceptors (Lipinski definition) is 3. The SMILES string of the molecule is Cc1ccc(C(=O)N2CCCC(O)C2)c(C#CCN)c1. The number of aliphatic hydroxyl groups excluding tert-OH is 1. The molecule has 0 spiro atoms. The third-order valence-corrected chi connectivity index (χ3v) is 3.41. The quantitative estimate of drug-likeness (QED) is 0.747. The van der Waals surface area contributed by atoms with Crippen molar-refractivity contribution in [3.63, 3.8) is 0 Å². The highest BCUT2D eigenvalue weighted by Gasteiger charge is 2.24. The fourth-order valence-corrected chi connectivity index (χ4v) is 2.40. The number of aryl methyl sites for hydroxylation is 1. The van der Waals surface area contributed by atoms with E-state index in [2.05, 4.69) is 11.8 Å². The van der Waals surface area contributed by atoms with E-state index in [9.17, 15) is 9.90 Å². The van der Waals surface area contributed by atoms with Gasteiger partial charge in [-0.1, -0.05) is 17.9 Å². The summed E-state index contributed by atoms with van der Waals surface area (Å²) in [5, 5.41) is 9.69. The van der Waals surface area contributed by atoms with Gasteiger partial charge in [-0.05, 0) is 37.5 Å². The summed E-state index contributed by atoms with van der Waals surface area (Å²) >= 11 is 0. The van der Waals surface area contributed by atoms with Crippen LogP contribution >= 0.6 is 0 Å². The molecule has 4 heteroatoms. The van der Waals surface area contributed by atoms with Crippen molar-refractivity contribution in [3.05, 3.63) is 34.9 Å². The first-order chi connectivity index (χ1) is 9.61. The molecule has 1 atom stereocenters. The van der Waals surface area contributed by atoms with Crippen molar-refractivity contribution in [2.75, 3.05) is 19.6 Å². The predicted molar refractivity (Wildman–Crippen MR) is 78.3 cm³/mol. The molecule has 3 N–H and O–H groups in total. The first-order valence-corrected chi connectivity index (χ1v) is 6.88. The molecule has 4 nitrogen and oxygen atoms in total. The maximum absolute atomic E-state index is 12.6. The van der Waals surface area contributed by atoms with Crippen molar-refractivity contribution in [1.29, 1.82) is 0 Å². The average Bonchev–Trinajstić information content (AvgIpc) is 2.44. The maximum atomic E-state index is 12.6. The third kappa shape index (κ3) is 3.38. The number of carbonyl (C=O) groups is 1. The number of nitrogens with zero attached hydrogens (tertiary/aromatic N) is 1. The topological polar surface area (TPSA) is 66.6 Å². The Morgan fingerprint density at radius 2 is 2.35 bits per heavy atom. The Balaban J connectivity index is 2.29. The smallest absolute Gasteiger partial charge is 0.255 e. The number of amides is 1. The lowest BCUT2D eigenvalue weighted by molar-refractivity contribution is 0.0473. The summed E-state index contributed by atoms with van der Waals surface area (Å²) in [5.41, 5.74) is 7.75. The van der Waals surface area contributed by atoms with Crippen molar-refractivity contribution in [2.45, 2.75) is 25.9 Å². The average molecular weight is 272 g/mol. The molecule has 1 amide bonds. The minimum absolute atomic E-state index is 0.0647. The Morgan fingerprint density at radius 3 is 3.05 bits per heavy atom. The molecule has 1 aliphatic heterocycles. The maximum Gasteiger partial charge on any atom is 0.255 e. The van der Waals surface area contributed by atoms with Gasteiger partial charge in [0.15, 0.2) is 0 Å². The van der Waals surface area contributed by atoms with Gasteiger partial charge in [0.05, 0.1) is 18.2 Å². The zero-order valence-corrected chi connectivity index (χ0v) is 11.7. The van der Waals surface area contributed by atoms with E-state index in [1.165, 1.54) is 0 Å². The number of carbonyl (C=O) groups excluding carboxylic acids is 1. The Hall–Kier alpha value is -1.83. The van der Waals surface area contributed by atoms with Crippen molar-refractivity contribution in [3.8, 4) is 11.8 Å². The van der Waals surface area contributed by atoms with Crippen LogP contribution in [0.4, 0.5) is 0 Å². The largest absolute Gasteiger partial charge is 0.391 e. The Labute approximate surface area is 119 Å². The lowest BCUT2D eigenvalue weighted by atomic mass is 10.0. The van der Waals surface area contributed by atoms with Gasteiger partial charge in [0.2, 0.25) is 0 Å². The summed E-state index contributed by atoms with van der Waals surface area (Å²) in [4.78, 5) is 14.3. The van der Waals surface area contributed by atoms with Gasteiger partial charge in [-0.15, -0.1) is 0 Å². The van der Waals surface area contributed by atoms with E-state index in [1.807, 2.05) is 19.1 Å². The first-order valence-electron chi connectivity index (χ1n) is 6.88. The van der Waals surface area contributed by atoms with Crippen molar-refractivity contribution < 1.29 is 9.90 Å². The summed E-state index contributed by atoms with van der Waals surface area (Å²) < 4.78 is 0. The molecular formula is C16H20N2O2. The van der Waals surface area contributed by atoms with Gasteiger partial charge in [-0.3, -0.25) is 4.79 Å². The van der Waals surface area contributed by atoms with Crippen molar-refractivity contribution in [2.24, 2.45) is 5.73 Å². The second-order valence-electron chi connectivity index (χ2n) is 5.10. The number of benzene rings is 1. The summed E-state index contributed by atoms with van der Waals surface area (Å²) in [6.07, 6.45) is 1.18. The molecule has 1 aromatic rings. The molecule has 0 aliphatic carbocycles. The lowest BCUT2D eigenvalue weighted by Gasteiger charge is -2.30. The molecular weight excluding hydrogens is 252 g/mol. The fraction of sp³-hybridized carbons (Fsp3) is 0.438. The van der Waals surface area contributed by atoms with Crippen LogP contribution in [0.1, 0.15) is 34.3 Å². The highest BCUT2D eigenvalue weighted by Crippen LogP contribution is 2.17. The molecule has 1 heterocycles. The Morgan fingerprint density at radius 1 is 1.55 bits per heavy atom. The van der Waals surface area contributed by atoms with Crippen LogP contribution in [0.5, 0.6) is 0 Å². The Kier molecular flexibility index (Phi) is 4.78. The summed E-state index contributed by atoms with van der Waals surface area (Å²) in [6.45, 7) is 3.32. The number of piperidine rings is 1. The van der Waals surface area contributed by atoms with E-state index in [0.717, 1.165) is 18.4 Å². The molecule has 1 aliphatic rings. The molecule has 0 saturated carbocycles. The number of β-amino-alcohol motifs (C(OH)–C–C–N with tert-alkyl or cyclic N) is 1. The van der Waals surface area contributed by atoms with Crippen LogP contribution < -0.4 is 5.73 Å². The van der Waals surface area contributed by atoms with Crippen LogP contribution in [0, 0.1) is 18.8 Å². The van der Waals surface area contributed by atoms with Gasteiger partial charge < -0.3 is 15.7 Å². The molecule has 1 fully saturated rings. The second kappa shape index (κ2) is 6.56. The number of aliphatic hydroxyl groups is 1. The molecule has 1 saturated heterocycles. The summed E-state index contributed by atoms with van der Waals surface area (Å²) in [7, 11) is 0. The number of hydrogen-bond donors (Lipinski definition) is 2.